The second-order valence-electron chi connectivity index (χ2n) is 5.28. The summed E-state index contributed by atoms with van der Waals surface area (Å²) in [6, 6.07) is 9.94. The van der Waals surface area contributed by atoms with Gasteiger partial charge in [0.05, 0.1) is 17.3 Å². The molecule has 7 heteroatoms. The molecule has 22 heavy (non-hydrogen) atoms. The normalized spacial score (nSPS) is 19.5. The minimum atomic E-state index is -0.548. The summed E-state index contributed by atoms with van der Waals surface area (Å²) in [5, 5.41) is 6.32. The minimum Gasteiger partial charge on any atom is -0.229 e. The third-order valence-electron chi connectivity index (χ3n) is 3.71. The van der Waals surface area contributed by atoms with Crippen LogP contribution in [0.4, 0.5) is 0 Å². The van der Waals surface area contributed by atoms with E-state index in [0.29, 0.717) is 5.92 Å². The number of benzene rings is 1. The van der Waals surface area contributed by atoms with Gasteiger partial charge in [-0.1, -0.05) is 18.2 Å². The maximum atomic E-state index is 6.08. The lowest BCUT2D eigenvalue weighted by Crippen LogP contribution is -1.98. The molecule has 0 aliphatic heterocycles. The molecule has 0 saturated heterocycles. The van der Waals surface area contributed by atoms with Crippen molar-refractivity contribution in [2.24, 2.45) is 5.92 Å². The van der Waals surface area contributed by atoms with Gasteiger partial charge in [-0.25, -0.2) is 14.6 Å². The van der Waals surface area contributed by atoms with E-state index in [-0.39, 0.29) is 0 Å². The molecule has 0 bridgehead atoms. The Morgan fingerprint density at radius 1 is 1.23 bits per heavy atom. The van der Waals surface area contributed by atoms with Crippen LogP contribution in [0.25, 0.3) is 16.7 Å². The van der Waals surface area contributed by atoms with Gasteiger partial charge in [0, 0.05) is 11.7 Å². The standard InChI is InChI=1S/C15H12Cl2N4S/c16-15(17)6-10(15)8-22-14-12-7-20-21(13(12)18-9-19-14)11-4-2-1-3-5-11/h1-5,7,9-10H,6,8H2/t10-/m1/s1. The van der Waals surface area contributed by atoms with Crippen LogP contribution in [-0.4, -0.2) is 29.8 Å². The zero-order valence-corrected chi connectivity index (χ0v) is 13.8. The van der Waals surface area contributed by atoms with E-state index in [0.717, 1.165) is 33.9 Å². The van der Waals surface area contributed by atoms with Crippen LogP contribution in [0.3, 0.4) is 0 Å². The second-order valence-corrected chi connectivity index (χ2v) is 7.83. The highest BCUT2D eigenvalue weighted by atomic mass is 35.5. The Bertz CT molecular complexity index is 819. The molecule has 0 N–H and O–H groups in total. The molecular weight excluding hydrogens is 339 g/mol. The van der Waals surface area contributed by atoms with Gasteiger partial charge in [-0.2, -0.15) is 5.10 Å². The van der Waals surface area contributed by atoms with E-state index in [9.17, 15) is 0 Å². The van der Waals surface area contributed by atoms with Crippen molar-refractivity contribution < 1.29 is 0 Å². The maximum Gasteiger partial charge on any atom is 0.167 e. The molecule has 1 aliphatic carbocycles. The summed E-state index contributed by atoms with van der Waals surface area (Å²) in [4.78, 5) is 8.75. The van der Waals surface area contributed by atoms with E-state index < -0.39 is 4.33 Å². The van der Waals surface area contributed by atoms with Crippen LogP contribution in [0, 0.1) is 5.92 Å². The summed E-state index contributed by atoms with van der Waals surface area (Å²) in [7, 11) is 0. The van der Waals surface area contributed by atoms with E-state index in [1.807, 2.05) is 41.2 Å². The molecule has 3 aromatic rings. The number of hydrogen-bond donors (Lipinski definition) is 0. The summed E-state index contributed by atoms with van der Waals surface area (Å²) in [5.74, 6) is 1.19. The minimum absolute atomic E-state index is 0.329. The van der Waals surface area contributed by atoms with Gasteiger partial charge < -0.3 is 0 Å². The summed E-state index contributed by atoms with van der Waals surface area (Å²) in [6.45, 7) is 0. The molecule has 1 aliphatic rings. The highest BCUT2D eigenvalue weighted by molar-refractivity contribution is 7.99. The van der Waals surface area contributed by atoms with E-state index in [1.165, 1.54) is 0 Å². The number of aromatic nitrogens is 4. The Labute approximate surface area is 141 Å². The van der Waals surface area contributed by atoms with Crippen LogP contribution in [0.1, 0.15) is 6.42 Å². The summed E-state index contributed by atoms with van der Waals surface area (Å²) in [6.07, 6.45) is 4.24. The lowest BCUT2D eigenvalue weighted by Gasteiger charge is -2.04. The van der Waals surface area contributed by atoms with Crippen molar-refractivity contribution in [3.8, 4) is 5.69 Å². The smallest absolute Gasteiger partial charge is 0.167 e. The summed E-state index contributed by atoms with van der Waals surface area (Å²) >= 11 is 13.8. The van der Waals surface area contributed by atoms with E-state index in [4.69, 9.17) is 23.2 Å². The molecule has 1 atom stereocenters. The average Bonchev–Trinajstić information content (AvgIpc) is 2.95. The number of thioether (sulfide) groups is 1. The molecule has 4 nitrogen and oxygen atoms in total. The lowest BCUT2D eigenvalue weighted by atomic mass is 10.3. The number of para-hydroxylation sites is 1. The number of halogens is 2. The molecule has 2 aromatic heterocycles. The van der Waals surface area contributed by atoms with Gasteiger partial charge in [-0.15, -0.1) is 35.0 Å². The van der Waals surface area contributed by atoms with Crippen molar-refractivity contribution in [2.75, 3.05) is 5.75 Å². The Kier molecular flexibility index (Phi) is 3.51. The van der Waals surface area contributed by atoms with Gasteiger partial charge in [0.1, 0.15) is 15.7 Å². The average molecular weight is 351 g/mol. The van der Waals surface area contributed by atoms with Gasteiger partial charge >= 0.3 is 0 Å². The molecule has 1 fully saturated rings. The van der Waals surface area contributed by atoms with E-state index in [2.05, 4.69) is 15.1 Å². The van der Waals surface area contributed by atoms with Crippen LogP contribution in [-0.2, 0) is 0 Å². The number of alkyl halides is 2. The number of rotatable bonds is 4. The fourth-order valence-electron chi connectivity index (χ4n) is 2.33. The molecule has 0 amide bonds. The molecule has 0 spiro atoms. The van der Waals surface area contributed by atoms with Crippen molar-refractivity contribution in [1.29, 1.82) is 0 Å². The molecule has 1 saturated carbocycles. The fraction of sp³-hybridized carbons (Fsp3) is 0.267. The lowest BCUT2D eigenvalue weighted by molar-refractivity contribution is 0.893. The predicted octanol–water partition coefficient (Wildman–Crippen LogP) is 4.10. The molecular formula is C15H12Cl2N4S. The Morgan fingerprint density at radius 3 is 2.73 bits per heavy atom. The molecule has 0 unspecified atom stereocenters. The third kappa shape index (κ3) is 2.57. The van der Waals surface area contributed by atoms with Crippen molar-refractivity contribution in [1.82, 2.24) is 19.7 Å². The first-order chi connectivity index (χ1) is 10.6. The van der Waals surface area contributed by atoms with Crippen LogP contribution in [0.5, 0.6) is 0 Å². The molecule has 0 radical (unpaired) electrons. The zero-order chi connectivity index (χ0) is 15.2. The monoisotopic (exact) mass is 350 g/mol. The molecule has 2 heterocycles. The number of nitrogens with zero attached hydrogens (tertiary/aromatic N) is 4. The first kappa shape index (κ1) is 14.3. The topological polar surface area (TPSA) is 43.6 Å². The SMILES string of the molecule is ClC1(Cl)C[C@@H]1CSc1ncnc2c1cnn2-c1ccccc1. The Morgan fingerprint density at radius 2 is 2.00 bits per heavy atom. The maximum absolute atomic E-state index is 6.08. The Balaban J connectivity index is 1.65. The van der Waals surface area contributed by atoms with Crippen molar-refractivity contribution in [2.45, 2.75) is 15.8 Å². The highest BCUT2D eigenvalue weighted by Gasteiger charge is 2.51. The van der Waals surface area contributed by atoms with Crippen molar-refractivity contribution >= 4 is 46.0 Å². The van der Waals surface area contributed by atoms with Crippen LogP contribution in [0.2, 0.25) is 0 Å². The fourth-order valence-corrected chi connectivity index (χ4v) is 4.22. The third-order valence-corrected chi connectivity index (χ3v) is 5.80. The van der Waals surface area contributed by atoms with E-state index >= 15 is 0 Å². The van der Waals surface area contributed by atoms with Crippen LogP contribution in [0.15, 0.2) is 47.9 Å². The summed E-state index contributed by atoms with van der Waals surface area (Å²) in [5.41, 5.74) is 1.79. The van der Waals surface area contributed by atoms with Gasteiger partial charge in [-0.3, -0.25) is 0 Å². The van der Waals surface area contributed by atoms with E-state index in [1.54, 1.807) is 18.1 Å². The number of fused-ring (bicyclic) bond motifs is 1. The van der Waals surface area contributed by atoms with Gasteiger partial charge in [0.25, 0.3) is 0 Å². The molecule has 112 valence electrons. The zero-order valence-electron chi connectivity index (χ0n) is 11.5. The van der Waals surface area contributed by atoms with Crippen molar-refractivity contribution in [3.63, 3.8) is 0 Å². The predicted molar refractivity (Wildman–Crippen MR) is 89.9 cm³/mol. The first-order valence-electron chi connectivity index (χ1n) is 6.90. The Hall–Kier alpha value is -1.30. The van der Waals surface area contributed by atoms with Gasteiger partial charge in [0.15, 0.2) is 5.65 Å². The quantitative estimate of drug-likeness (QED) is 0.403. The molecule has 4 rings (SSSR count). The van der Waals surface area contributed by atoms with Crippen LogP contribution >= 0.6 is 35.0 Å². The largest absolute Gasteiger partial charge is 0.229 e. The molecule has 1 aromatic carbocycles. The van der Waals surface area contributed by atoms with Crippen molar-refractivity contribution in [3.05, 3.63) is 42.9 Å². The van der Waals surface area contributed by atoms with Crippen LogP contribution < -0.4 is 0 Å². The first-order valence-corrected chi connectivity index (χ1v) is 8.64. The van der Waals surface area contributed by atoms with Gasteiger partial charge in [-0.05, 0) is 18.6 Å². The van der Waals surface area contributed by atoms with Gasteiger partial charge in [0.2, 0.25) is 0 Å². The second kappa shape index (κ2) is 5.41. The number of hydrogen-bond acceptors (Lipinski definition) is 4. The highest BCUT2D eigenvalue weighted by Crippen LogP contribution is 2.54. The summed E-state index contributed by atoms with van der Waals surface area (Å²) < 4.78 is 1.28.